The fourth-order valence-corrected chi connectivity index (χ4v) is 2.77. The van der Waals surface area contributed by atoms with Crippen LogP contribution in [0.1, 0.15) is 64.7 Å². The van der Waals surface area contributed by atoms with E-state index in [-0.39, 0.29) is 0 Å². The van der Waals surface area contributed by atoms with Gasteiger partial charge in [-0.25, -0.2) is 0 Å². The quantitative estimate of drug-likeness (QED) is 0.309. The molecule has 1 aromatic rings. The van der Waals surface area contributed by atoms with Crippen LogP contribution in [0.4, 0.5) is 17.1 Å². The number of unbranched alkanes of at least 4 members (excludes halogenated alkanes) is 7. The maximum atomic E-state index is 6.02. The Morgan fingerprint density at radius 3 is 2.26 bits per heavy atom. The number of nitrogens with zero attached hydrogens (tertiary/aromatic N) is 1. The minimum atomic E-state index is 0.720. The number of hydrogen-bond donors (Lipinski definition) is 2. The summed E-state index contributed by atoms with van der Waals surface area (Å²) in [6.07, 6.45) is 16.4. The van der Waals surface area contributed by atoms with E-state index in [1.807, 2.05) is 18.2 Å². The van der Waals surface area contributed by atoms with Gasteiger partial charge in [-0.1, -0.05) is 51.2 Å². The van der Waals surface area contributed by atoms with E-state index < -0.39 is 0 Å². The van der Waals surface area contributed by atoms with Crippen molar-refractivity contribution in [2.24, 2.45) is 0 Å². The van der Waals surface area contributed by atoms with E-state index in [4.69, 9.17) is 11.5 Å². The van der Waals surface area contributed by atoms with Crippen LogP contribution in [0.5, 0.6) is 0 Å². The summed E-state index contributed by atoms with van der Waals surface area (Å²) >= 11 is 0. The number of nitrogens with two attached hydrogens (primary N) is 2. The van der Waals surface area contributed by atoms with Crippen LogP contribution in [0.15, 0.2) is 30.4 Å². The van der Waals surface area contributed by atoms with E-state index in [1.54, 1.807) is 0 Å². The zero-order valence-corrected chi connectivity index (χ0v) is 15.1. The highest BCUT2D eigenvalue weighted by Gasteiger charge is 2.04. The van der Waals surface area contributed by atoms with Crippen LogP contribution in [0.2, 0.25) is 0 Å². The molecule has 1 aromatic carbocycles. The van der Waals surface area contributed by atoms with E-state index in [0.29, 0.717) is 0 Å². The van der Waals surface area contributed by atoms with Crippen molar-refractivity contribution in [1.29, 1.82) is 0 Å². The van der Waals surface area contributed by atoms with Crippen LogP contribution in [0.25, 0.3) is 0 Å². The normalized spacial score (nSPS) is 11.2. The molecule has 0 radical (unpaired) electrons. The SMILES string of the molecule is CCCCCCCC/C=C/CCCN(C)c1ccc(N)cc1N. The van der Waals surface area contributed by atoms with Gasteiger partial charge in [0.25, 0.3) is 0 Å². The van der Waals surface area contributed by atoms with Gasteiger partial charge in [0, 0.05) is 19.3 Å². The van der Waals surface area contributed by atoms with Crippen LogP contribution < -0.4 is 16.4 Å². The fourth-order valence-electron chi connectivity index (χ4n) is 2.77. The Bertz CT molecular complexity index is 454. The molecule has 1 rings (SSSR count). The minimum Gasteiger partial charge on any atom is -0.399 e. The fraction of sp³-hybridized carbons (Fsp3) is 0.600. The second-order valence-electron chi connectivity index (χ2n) is 6.41. The summed E-state index contributed by atoms with van der Waals surface area (Å²) in [6, 6.07) is 5.73. The Morgan fingerprint density at radius 1 is 0.913 bits per heavy atom. The highest BCUT2D eigenvalue weighted by Crippen LogP contribution is 2.24. The molecule has 0 heterocycles. The summed E-state index contributed by atoms with van der Waals surface area (Å²) in [5, 5.41) is 0. The predicted octanol–water partition coefficient (Wildman–Crippen LogP) is 5.37. The number of nitrogen functional groups attached to an aromatic ring is 2. The lowest BCUT2D eigenvalue weighted by molar-refractivity contribution is 0.611. The van der Waals surface area contributed by atoms with E-state index in [9.17, 15) is 0 Å². The molecule has 0 fully saturated rings. The molecule has 0 saturated carbocycles. The predicted molar refractivity (Wildman–Crippen MR) is 105 cm³/mol. The molecule has 0 bridgehead atoms. The van der Waals surface area contributed by atoms with Gasteiger partial charge in [0.2, 0.25) is 0 Å². The Morgan fingerprint density at radius 2 is 1.57 bits per heavy atom. The number of rotatable bonds is 12. The summed E-state index contributed by atoms with van der Waals surface area (Å²) in [4.78, 5) is 2.20. The van der Waals surface area contributed by atoms with E-state index in [1.165, 1.54) is 44.9 Å². The smallest absolute Gasteiger partial charge is 0.0598 e. The van der Waals surface area contributed by atoms with Gasteiger partial charge in [-0.05, 0) is 43.9 Å². The summed E-state index contributed by atoms with van der Waals surface area (Å²) in [5.41, 5.74) is 14.3. The van der Waals surface area contributed by atoms with E-state index >= 15 is 0 Å². The molecular formula is C20H35N3. The second-order valence-corrected chi connectivity index (χ2v) is 6.41. The summed E-state index contributed by atoms with van der Waals surface area (Å²) in [7, 11) is 2.09. The molecule has 0 aliphatic rings. The highest BCUT2D eigenvalue weighted by atomic mass is 15.1. The lowest BCUT2D eigenvalue weighted by Crippen LogP contribution is -2.19. The van der Waals surface area contributed by atoms with E-state index in [0.717, 1.165) is 36.4 Å². The van der Waals surface area contributed by atoms with Crippen LogP contribution in [-0.2, 0) is 0 Å². The van der Waals surface area contributed by atoms with Gasteiger partial charge in [-0.2, -0.15) is 0 Å². The molecule has 0 spiro atoms. The molecule has 4 N–H and O–H groups in total. The van der Waals surface area contributed by atoms with Gasteiger partial charge >= 0.3 is 0 Å². The lowest BCUT2D eigenvalue weighted by Gasteiger charge is -2.21. The van der Waals surface area contributed by atoms with Crippen molar-refractivity contribution in [2.75, 3.05) is 30.0 Å². The Labute approximate surface area is 142 Å². The average Bonchev–Trinajstić information content (AvgIpc) is 2.52. The third-order valence-corrected chi connectivity index (χ3v) is 4.22. The third-order valence-electron chi connectivity index (χ3n) is 4.22. The van der Waals surface area contributed by atoms with Crippen molar-refractivity contribution >= 4 is 17.1 Å². The number of anilines is 3. The molecule has 0 atom stereocenters. The van der Waals surface area contributed by atoms with Crippen LogP contribution >= 0.6 is 0 Å². The maximum absolute atomic E-state index is 6.02. The molecular weight excluding hydrogens is 282 g/mol. The van der Waals surface area contributed by atoms with Gasteiger partial charge < -0.3 is 16.4 Å². The first-order valence-electron chi connectivity index (χ1n) is 9.16. The zero-order chi connectivity index (χ0) is 16.9. The van der Waals surface area contributed by atoms with Crippen molar-refractivity contribution < 1.29 is 0 Å². The molecule has 23 heavy (non-hydrogen) atoms. The number of benzene rings is 1. The Kier molecular flexibility index (Phi) is 10.0. The molecule has 0 aliphatic carbocycles. The van der Waals surface area contributed by atoms with Gasteiger partial charge in [0.1, 0.15) is 0 Å². The molecule has 0 amide bonds. The summed E-state index contributed by atoms with van der Waals surface area (Å²) < 4.78 is 0. The average molecular weight is 318 g/mol. The van der Waals surface area contributed by atoms with Crippen LogP contribution in [0, 0.1) is 0 Å². The standard InChI is InChI=1S/C20H35N3/c1-3-4-5-6-7-8-9-10-11-12-13-16-23(2)20-15-14-18(21)17-19(20)22/h10-11,14-15,17H,3-9,12-13,16,21-22H2,1-2H3/b11-10+. The maximum Gasteiger partial charge on any atom is 0.0598 e. The molecule has 0 aromatic heterocycles. The van der Waals surface area contributed by atoms with Crippen LogP contribution in [0.3, 0.4) is 0 Å². The first kappa shape index (κ1) is 19.4. The van der Waals surface area contributed by atoms with Crippen molar-refractivity contribution in [1.82, 2.24) is 0 Å². The second kappa shape index (κ2) is 11.9. The number of allylic oxidation sites excluding steroid dienone is 2. The van der Waals surface area contributed by atoms with Crippen molar-refractivity contribution in [3.05, 3.63) is 30.4 Å². The third kappa shape index (κ3) is 8.53. The molecule has 3 nitrogen and oxygen atoms in total. The molecule has 130 valence electrons. The van der Waals surface area contributed by atoms with Crippen LogP contribution in [-0.4, -0.2) is 13.6 Å². The highest BCUT2D eigenvalue weighted by molar-refractivity contribution is 5.71. The van der Waals surface area contributed by atoms with Gasteiger partial charge in [-0.15, -0.1) is 0 Å². The van der Waals surface area contributed by atoms with Crippen molar-refractivity contribution in [3.8, 4) is 0 Å². The molecule has 0 saturated heterocycles. The number of hydrogen-bond acceptors (Lipinski definition) is 3. The molecule has 3 heteroatoms. The van der Waals surface area contributed by atoms with Gasteiger partial charge in [-0.3, -0.25) is 0 Å². The summed E-state index contributed by atoms with van der Waals surface area (Å²) in [6.45, 7) is 3.28. The Balaban J connectivity index is 2.08. The molecule has 0 unspecified atom stereocenters. The molecule has 0 aliphatic heterocycles. The van der Waals surface area contributed by atoms with Crippen molar-refractivity contribution in [3.63, 3.8) is 0 Å². The summed E-state index contributed by atoms with van der Waals surface area (Å²) in [5.74, 6) is 0. The van der Waals surface area contributed by atoms with Gasteiger partial charge in [0.05, 0.1) is 11.4 Å². The Hall–Kier alpha value is -1.64. The lowest BCUT2D eigenvalue weighted by atomic mass is 10.1. The zero-order valence-electron chi connectivity index (χ0n) is 15.1. The first-order valence-corrected chi connectivity index (χ1v) is 9.16. The van der Waals surface area contributed by atoms with E-state index in [2.05, 4.69) is 31.0 Å². The largest absolute Gasteiger partial charge is 0.399 e. The van der Waals surface area contributed by atoms with Crippen molar-refractivity contribution in [2.45, 2.75) is 64.7 Å². The minimum absolute atomic E-state index is 0.720. The monoisotopic (exact) mass is 317 g/mol. The first-order chi connectivity index (χ1) is 11.1. The topological polar surface area (TPSA) is 55.3 Å². The van der Waals surface area contributed by atoms with Gasteiger partial charge in [0.15, 0.2) is 0 Å².